The van der Waals surface area contributed by atoms with E-state index in [-0.39, 0.29) is 11.9 Å². The first kappa shape index (κ1) is 12.5. The molecule has 102 valence electrons. The van der Waals surface area contributed by atoms with E-state index < -0.39 is 0 Å². The average Bonchev–Trinajstić information content (AvgIpc) is 3.10. The van der Waals surface area contributed by atoms with Crippen LogP contribution in [0.1, 0.15) is 42.2 Å². The van der Waals surface area contributed by atoms with Crippen LogP contribution in [0.2, 0.25) is 0 Å². The zero-order chi connectivity index (χ0) is 13.1. The summed E-state index contributed by atoms with van der Waals surface area (Å²) in [5.41, 5.74) is 0.804. The molecule has 4 heteroatoms. The highest BCUT2D eigenvalue weighted by molar-refractivity contribution is 5.93. The Kier molecular flexibility index (Phi) is 3.69. The second-order valence-corrected chi connectivity index (χ2v) is 5.40. The lowest BCUT2D eigenvalue weighted by molar-refractivity contribution is 0.0926. The first-order valence-electron chi connectivity index (χ1n) is 7.18. The van der Waals surface area contributed by atoms with Gasteiger partial charge in [0.25, 0.3) is 5.91 Å². The van der Waals surface area contributed by atoms with Crippen molar-refractivity contribution in [2.75, 3.05) is 13.1 Å². The molecule has 1 aliphatic carbocycles. The largest absolute Gasteiger partial charge is 0.347 e. The van der Waals surface area contributed by atoms with Gasteiger partial charge in [-0.15, -0.1) is 0 Å². The van der Waals surface area contributed by atoms with Gasteiger partial charge in [0.2, 0.25) is 0 Å². The number of nitrogens with zero attached hydrogens (tertiary/aromatic N) is 1. The number of aromatic nitrogens is 1. The molecule has 2 aliphatic rings. The van der Waals surface area contributed by atoms with Crippen LogP contribution in [0, 0.1) is 0 Å². The fourth-order valence-electron chi connectivity index (χ4n) is 2.98. The van der Waals surface area contributed by atoms with E-state index in [4.69, 9.17) is 0 Å². The van der Waals surface area contributed by atoms with E-state index in [0.29, 0.717) is 6.04 Å². The van der Waals surface area contributed by atoms with Crippen molar-refractivity contribution in [3.05, 3.63) is 36.2 Å². The summed E-state index contributed by atoms with van der Waals surface area (Å²) in [5, 5.41) is 6.48. The Morgan fingerprint density at radius 2 is 2.00 bits per heavy atom. The molecule has 1 aromatic rings. The lowest BCUT2D eigenvalue weighted by Gasteiger charge is -2.26. The van der Waals surface area contributed by atoms with E-state index in [2.05, 4.69) is 27.4 Å². The molecule has 19 heavy (non-hydrogen) atoms. The summed E-state index contributed by atoms with van der Waals surface area (Å²) in [5.74, 6) is 0.0669. The van der Waals surface area contributed by atoms with Gasteiger partial charge in [0.1, 0.15) is 5.69 Å². The summed E-state index contributed by atoms with van der Waals surface area (Å²) >= 11 is 0. The fraction of sp³-hybridized carbons (Fsp3) is 0.533. The molecule has 4 nitrogen and oxygen atoms in total. The highest BCUT2D eigenvalue weighted by atomic mass is 16.2. The molecule has 0 unspecified atom stereocenters. The number of rotatable bonds is 3. The second kappa shape index (κ2) is 5.61. The summed E-state index contributed by atoms with van der Waals surface area (Å²) < 4.78 is 2.15. The first-order valence-corrected chi connectivity index (χ1v) is 7.18. The SMILES string of the molecule is O=C(NC1CC=CC1)c1cccn1C1CCNCC1. The van der Waals surface area contributed by atoms with Crippen molar-refractivity contribution < 1.29 is 4.79 Å². The van der Waals surface area contributed by atoms with E-state index in [1.807, 2.05) is 18.3 Å². The van der Waals surface area contributed by atoms with Gasteiger partial charge in [-0.05, 0) is 50.9 Å². The van der Waals surface area contributed by atoms with Gasteiger partial charge in [-0.1, -0.05) is 12.2 Å². The Hall–Kier alpha value is -1.55. The minimum absolute atomic E-state index is 0.0669. The van der Waals surface area contributed by atoms with E-state index in [9.17, 15) is 4.79 Å². The standard InChI is InChI=1S/C15H21N3O/c19-15(17-12-4-1-2-5-12)14-6-3-11-18(14)13-7-9-16-10-8-13/h1-3,6,11-13,16H,4-5,7-10H2,(H,17,19). The molecule has 0 radical (unpaired) electrons. The predicted molar refractivity (Wildman–Crippen MR) is 75.2 cm³/mol. The van der Waals surface area contributed by atoms with Gasteiger partial charge >= 0.3 is 0 Å². The second-order valence-electron chi connectivity index (χ2n) is 5.40. The third-order valence-electron chi connectivity index (χ3n) is 4.06. The van der Waals surface area contributed by atoms with Crippen LogP contribution in [0.25, 0.3) is 0 Å². The van der Waals surface area contributed by atoms with Crippen molar-refractivity contribution in [2.45, 2.75) is 37.8 Å². The number of carbonyl (C=O) groups is 1. The van der Waals surface area contributed by atoms with Crippen LogP contribution >= 0.6 is 0 Å². The maximum atomic E-state index is 12.3. The minimum atomic E-state index is 0.0669. The van der Waals surface area contributed by atoms with Gasteiger partial charge < -0.3 is 15.2 Å². The number of piperidine rings is 1. The highest BCUT2D eigenvalue weighted by Crippen LogP contribution is 2.21. The molecule has 0 atom stereocenters. The van der Waals surface area contributed by atoms with Crippen molar-refractivity contribution in [3.63, 3.8) is 0 Å². The van der Waals surface area contributed by atoms with Crippen molar-refractivity contribution in [2.24, 2.45) is 0 Å². The number of carbonyl (C=O) groups excluding carboxylic acids is 1. The molecule has 1 aromatic heterocycles. The highest BCUT2D eigenvalue weighted by Gasteiger charge is 2.21. The van der Waals surface area contributed by atoms with E-state index in [0.717, 1.165) is 44.5 Å². The van der Waals surface area contributed by atoms with Crippen molar-refractivity contribution in [3.8, 4) is 0 Å². The van der Waals surface area contributed by atoms with Crippen molar-refractivity contribution in [1.29, 1.82) is 0 Å². The van der Waals surface area contributed by atoms with Gasteiger partial charge in [-0.2, -0.15) is 0 Å². The van der Waals surface area contributed by atoms with Crippen molar-refractivity contribution >= 4 is 5.91 Å². The van der Waals surface area contributed by atoms with Gasteiger partial charge in [-0.25, -0.2) is 0 Å². The summed E-state index contributed by atoms with van der Waals surface area (Å²) in [6.45, 7) is 2.08. The molecule has 1 fully saturated rings. The van der Waals surface area contributed by atoms with Gasteiger partial charge in [-0.3, -0.25) is 4.79 Å². The Balaban J connectivity index is 1.69. The molecule has 2 heterocycles. The van der Waals surface area contributed by atoms with Crippen molar-refractivity contribution in [1.82, 2.24) is 15.2 Å². The zero-order valence-corrected chi connectivity index (χ0v) is 11.1. The van der Waals surface area contributed by atoms with Crippen LogP contribution in [0.15, 0.2) is 30.5 Å². The Labute approximate surface area is 113 Å². The quantitative estimate of drug-likeness (QED) is 0.814. The fourth-order valence-corrected chi connectivity index (χ4v) is 2.98. The Bertz CT molecular complexity index is 463. The molecule has 1 aliphatic heterocycles. The number of hydrogen-bond acceptors (Lipinski definition) is 2. The molecular weight excluding hydrogens is 238 g/mol. The Morgan fingerprint density at radius 1 is 1.26 bits per heavy atom. The van der Waals surface area contributed by atoms with Crippen LogP contribution in [0.4, 0.5) is 0 Å². The number of nitrogens with one attached hydrogen (secondary N) is 2. The zero-order valence-electron chi connectivity index (χ0n) is 11.1. The molecule has 1 saturated heterocycles. The topological polar surface area (TPSA) is 46.1 Å². The molecule has 2 N–H and O–H groups in total. The summed E-state index contributed by atoms with van der Waals surface area (Å²) in [7, 11) is 0. The number of amides is 1. The molecular formula is C15H21N3O. The lowest BCUT2D eigenvalue weighted by atomic mass is 10.1. The molecule has 1 amide bonds. The van der Waals surface area contributed by atoms with Crippen LogP contribution in [0.5, 0.6) is 0 Å². The molecule has 0 saturated carbocycles. The third-order valence-corrected chi connectivity index (χ3v) is 4.06. The van der Waals surface area contributed by atoms with Crippen LogP contribution < -0.4 is 10.6 Å². The van der Waals surface area contributed by atoms with E-state index >= 15 is 0 Å². The Morgan fingerprint density at radius 3 is 2.74 bits per heavy atom. The normalized spacial score (nSPS) is 20.8. The molecule has 0 spiro atoms. The number of hydrogen-bond donors (Lipinski definition) is 2. The van der Waals surface area contributed by atoms with Crippen LogP contribution in [-0.2, 0) is 0 Å². The maximum Gasteiger partial charge on any atom is 0.268 e. The molecule has 0 bridgehead atoms. The summed E-state index contributed by atoms with van der Waals surface area (Å²) in [4.78, 5) is 12.3. The monoisotopic (exact) mass is 259 g/mol. The average molecular weight is 259 g/mol. The molecule has 3 rings (SSSR count). The smallest absolute Gasteiger partial charge is 0.268 e. The minimum Gasteiger partial charge on any atom is -0.347 e. The summed E-state index contributed by atoms with van der Waals surface area (Å²) in [6.07, 6.45) is 10.4. The maximum absolute atomic E-state index is 12.3. The van der Waals surface area contributed by atoms with Gasteiger partial charge in [0.15, 0.2) is 0 Å². The van der Waals surface area contributed by atoms with Gasteiger partial charge in [0.05, 0.1) is 0 Å². The summed E-state index contributed by atoms with van der Waals surface area (Å²) in [6, 6.07) is 4.64. The third kappa shape index (κ3) is 2.73. The lowest BCUT2D eigenvalue weighted by Crippen LogP contribution is -2.36. The molecule has 0 aromatic carbocycles. The van der Waals surface area contributed by atoms with Crippen LogP contribution in [0.3, 0.4) is 0 Å². The first-order chi connectivity index (χ1) is 9.34. The van der Waals surface area contributed by atoms with Crippen LogP contribution in [-0.4, -0.2) is 29.6 Å². The predicted octanol–water partition coefficient (Wildman–Crippen LogP) is 1.86. The van der Waals surface area contributed by atoms with E-state index in [1.165, 1.54) is 0 Å². The van der Waals surface area contributed by atoms with E-state index in [1.54, 1.807) is 0 Å². The van der Waals surface area contributed by atoms with Gasteiger partial charge in [0, 0.05) is 18.3 Å².